The summed E-state index contributed by atoms with van der Waals surface area (Å²) in [6.07, 6.45) is 0.320. The Balaban J connectivity index is 1.51. The third-order valence-corrected chi connectivity index (χ3v) is 6.68. The van der Waals surface area contributed by atoms with E-state index in [0.29, 0.717) is 33.9 Å². The van der Waals surface area contributed by atoms with Crippen molar-refractivity contribution in [2.45, 2.75) is 13.1 Å². The maximum Gasteiger partial charge on any atom is 0.321 e. The van der Waals surface area contributed by atoms with Crippen molar-refractivity contribution in [1.82, 2.24) is 10.3 Å². The summed E-state index contributed by atoms with van der Waals surface area (Å²) in [6.45, 7) is 1.71. The van der Waals surface area contributed by atoms with Crippen molar-refractivity contribution in [3.05, 3.63) is 120 Å². The van der Waals surface area contributed by atoms with Crippen LogP contribution in [0, 0.1) is 6.92 Å². The van der Waals surface area contributed by atoms with Gasteiger partial charge in [-0.3, -0.25) is 14.6 Å². The number of anilines is 3. The van der Waals surface area contributed by atoms with Crippen molar-refractivity contribution in [1.29, 1.82) is 0 Å². The molecule has 1 atom stereocenters. The summed E-state index contributed by atoms with van der Waals surface area (Å²) in [7, 11) is 3.81. The second-order valence-electron chi connectivity index (χ2n) is 9.87. The van der Waals surface area contributed by atoms with E-state index in [4.69, 9.17) is 4.99 Å². The fourth-order valence-electron chi connectivity index (χ4n) is 4.52. The van der Waals surface area contributed by atoms with Crippen LogP contribution in [0.1, 0.15) is 27.2 Å². The summed E-state index contributed by atoms with van der Waals surface area (Å²) < 4.78 is 0. The largest absolute Gasteiger partial charge is 0.378 e. The molecule has 0 saturated heterocycles. The fourth-order valence-corrected chi connectivity index (χ4v) is 4.52. The van der Waals surface area contributed by atoms with Crippen LogP contribution in [0.2, 0.25) is 0 Å². The van der Waals surface area contributed by atoms with Gasteiger partial charge in [0, 0.05) is 42.8 Å². The zero-order valence-electron chi connectivity index (χ0n) is 23.0. The van der Waals surface area contributed by atoms with Gasteiger partial charge >= 0.3 is 6.03 Å². The highest BCUT2D eigenvalue weighted by atomic mass is 16.2. The number of benzodiazepines with no additional fused rings is 1. The minimum atomic E-state index is -1.32. The van der Waals surface area contributed by atoms with Crippen molar-refractivity contribution in [3.8, 4) is 0 Å². The summed E-state index contributed by atoms with van der Waals surface area (Å²) in [5.74, 6) is -0.779. The Morgan fingerprint density at radius 3 is 2.41 bits per heavy atom. The predicted octanol–water partition coefficient (Wildman–Crippen LogP) is 4.67. The molecule has 1 aromatic heterocycles. The molecule has 0 spiro atoms. The van der Waals surface area contributed by atoms with E-state index >= 15 is 0 Å². The number of nitrogens with zero attached hydrogens (tertiary/aromatic N) is 4. The zero-order valence-corrected chi connectivity index (χ0v) is 23.0. The van der Waals surface area contributed by atoms with Gasteiger partial charge in [0.15, 0.2) is 5.78 Å². The van der Waals surface area contributed by atoms with Crippen LogP contribution < -0.4 is 20.4 Å². The number of aliphatic imine (C=N–C) groups is 1. The predicted molar refractivity (Wildman–Crippen MR) is 161 cm³/mol. The summed E-state index contributed by atoms with van der Waals surface area (Å²) in [4.78, 5) is 53.0. The molecule has 9 nitrogen and oxygen atoms in total. The molecule has 0 radical (unpaired) electrons. The summed E-state index contributed by atoms with van der Waals surface area (Å²) in [5.41, 5.74) is 5.06. The van der Waals surface area contributed by atoms with Crippen LogP contribution in [0.15, 0.2) is 102 Å². The molecule has 1 aliphatic heterocycles. The molecular formula is C32H30N6O3. The van der Waals surface area contributed by atoms with Crippen LogP contribution in [-0.2, 0) is 4.79 Å². The molecule has 206 valence electrons. The Kier molecular flexibility index (Phi) is 7.87. The van der Waals surface area contributed by atoms with Crippen LogP contribution in [0.5, 0.6) is 0 Å². The van der Waals surface area contributed by atoms with Crippen molar-refractivity contribution in [2.24, 2.45) is 4.99 Å². The first kappa shape index (κ1) is 27.3. The van der Waals surface area contributed by atoms with E-state index in [2.05, 4.69) is 15.6 Å². The molecule has 0 bridgehead atoms. The molecule has 5 rings (SSSR count). The number of aryl methyl sites for hydroxylation is 1. The monoisotopic (exact) mass is 546 g/mol. The van der Waals surface area contributed by atoms with Crippen molar-refractivity contribution in [3.63, 3.8) is 0 Å². The highest BCUT2D eigenvalue weighted by Gasteiger charge is 2.34. The minimum Gasteiger partial charge on any atom is -0.378 e. The molecule has 0 aliphatic carbocycles. The second-order valence-corrected chi connectivity index (χ2v) is 9.87. The second kappa shape index (κ2) is 11.8. The Hall–Kier alpha value is -5.31. The van der Waals surface area contributed by atoms with Crippen LogP contribution in [0.4, 0.5) is 21.9 Å². The zero-order chi connectivity index (χ0) is 28.9. The van der Waals surface area contributed by atoms with Gasteiger partial charge in [-0.25, -0.2) is 9.79 Å². The first-order chi connectivity index (χ1) is 19.8. The number of aromatic nitrogens is 1. The molecule has 2 N–H and O–H groups in total. The Morgan fingerprint density at radius 2 is 1.68 bits per heavy atom. The molecule has 3 aromatic carbocycles. The third kappa shape index (κ3) is 6.14. The van der Waals surface area contributed by atoms with Crippen molar-refractivity contribution in [2.75, 3.05) is 35.8 Å². The van der Waals surface area contributed by atoms with Gasteiger partial charge in [-0.1, -0.05) is 60.2 Å². The number of fused-ring (bicyclic) bond motifs is 1. The number of para-hydroxylation sites is 1. The van der Waals surface area contributed by atoms with Crippen molar-refractivity contribution >= 4 is 40.5 Å². The molecular weight excluding hydrogens is 516 g/mol. The van der Waals surface area contributed by atoms with Gasteiger partial charge in [-0.15, -0.1) is 0 Å². The molecule has 41 heavy (non-hydrogen) atoms. The number of urea groups is 1. The summed E-state index contributed by atoms with van der Waals surface area (Å²) in [5, 5.41) is 5.50. The average molecular weight is 547 g/mol. The van der Waals surface area contributed by atoms with E-state index in [1.807, 2.05) is 74.4 Å². The van der Waals surface area contributed by atoms with Crippen molar-refractivity contribution < 1.29 is 14.4 Å². The first-order valence-electron chi connectivity index (χ1n) is 13.1. The number of hydrogen-bond donors (Lipinski definition) is 2. The molecule has 0 saturated carbocycles. The van der Waals surface area contributed by atoms with Gasteiger partial charge in [0.05, 0.1) is 23.6 Å². The van der Waals surface area contributed by atoms with Gasteiger partial charge in [-0.05, 0) is 43.3 Å². The van der Waals surface area contributed by atoms with Crippen LogP contribution in [0.3, 0.4) is 0 Å². The normalized spacial score (nSPS) is 14.4. The Bertz CT molecular complexity index is 1620. The van der Waals surface area contributed by atoms with Gasteiger partial charge in [0.1, 0.15) is 0 Å². The van der Waals surface area contributed by atoms with E-state index in [-0.39, 0.29) is 12.3 Å². The Morgan fingerprint density at radius 1 is 0.927 bits per heavy atom. The third-order valence-electron chi connectivity index (χ3n) is 6.68. The smallest absolute Gasteiger partial charge is 0.321 e. The van der Waals surface area contributed by atoms with Gasteiger partial charge in [0.25, 0.3) is 5.91 Å². The average Bonchev–Trinajstić information content (AvgIpc) is 3.09. The highest BCUT2D eigenvalue weighted by molar-refractivity contribution is 6.20. The topological polar surface area (TPSA) is 107 Å². The SMILES string of the molecule is Cc1ccc(C(=O)CN2C(=O)[C@@H](NC(=O)Nc3cccc(N(C)C)c3)N=C(c3ccccn3)c3ccccc32)cc1. The molecule has 2 heterocycles. The van der Waals surface area contributed by atoms with E-state index in [9.17, 15) is 14.4 Å². The van der Waals surface area contributed by atoms with Gasteiger partial charge in [-0.2, -0.15) is 0 Å². The summed E-state index contributed by atoms with van der Waals surface area (Å²) >= 11 is 0. The number of pyridine rings is 1. The molecule has 9 heteroatoms. The minimum absolute atomic E-state index is 0.228. The Labute approximate surface area is 238 Å². The number of hydrogen-bond acceptors (Lipinski definition) is 6. The van der Waals surface area contributed by atoms with Crippen LogP contribution in [0.25, 0.3) is 0 Å². The number of carbonyl (C=O) groups excluding carboxylic acids is 3. The molecule has 4 aromatic rings. The molecule has 3 amide bonds. The molecule has 1 aliphatic rings. The standard InChI is InChI=1S/C32H30N6O3/c1-21-14-16-22(17-15-21)28(39)20-38-27-13-5-4-11-25(27)29(26-12-6-7-18-33-26)35-30(31(38)40)36-32(41)34-23-9-8-10-24(19-23)37(2)3/h4-19,30H,20H2,1-3H3,(H2,34,36,41)/t30-/m1/s1. The number of ketones is 1. The van der Waals surface area contributed by atoms with E-state index in [1.165, 1.54) is 4.90 Å². The molecule has 0 unspecified atom stereocenters. The van der Waals surface area contributed by atoms with Gasteiger partial charge < -0.3 is 20.4 Å². The first-order valence-corrected chi connectivity index (χ1v) is 13.1. The lowest BCUT2D eigenvalue weighted by molar-refractivity contribution is -0.120. The van der Waals surface area contributed by atoms with Crippen LogP contribution in [-0.4, -0.2) is 55.2 Å². The number of Topliss-reactive ketones (excluding diaryl/α,β-unsaturated/α-hetero) is 1. The number of rotatable bonds is 7. The van der Waals surface area contributed by atoms with E-state index in [1.54, 1.807) is 48.7 Å². The maximum atomic E-state index is 14.0. The number of benzene rings is 3. The number of nitrogens with one attached hydrogen (secondary N) is 2. The van der Waals surface area contributed by atoms with Crippen LogP contribution >= 0.6 is 0 Å². The quantitative estimate of drug-likeness (QED) is 0.328. The van der Waals surface area contributed by atoms with E-state index < -0.39 is 18.1 Å². The van der Waals surface area contributed by atoms with Gasteiger partial charge in [0.2, 0.25) is 6.17 Å². The maximum absolute atomic E-state index is 14.0. The summed E-state index contributed by atoms with van der Waals surface area (Å²) in [6, 6.07) is 26.5. The lowest BCUT2D eigenvalue weighted by Gasteiger charge is -2.25. The highest BCUT2D eigenvalue weighted by Crippen LogP contribution is 2.28. The lowest BCUT2D eigenvalue weighted by atomic mass is 10.0. The lowest BCUT2D eigenvalue weighted by Crippen LogP contribution is -2.49. The number of carbonyl (C=O) groups is 3. The molecule has 0 fully saturated rings. The number of amides is 3. The van der Waals surface area contributed by atoms with E-state index in [0.717, 1.165) is 11.3 Å². The fraction of sp³-hybridized carbons (Fsp3) is 0.156.